The quantitative estimate of drug-likeness (QED) is 0.743. The van der Waals surface area contributed by atoms with Crippen molar-refractivity contribution in [2.24, 2.45) is 0 Å². The van der Waals surface area contributed by atoms with Crippen LogP contribution in [-0.4, -0.2) is 11.5 Å². The monoisotopic (exact) mass is 276 g/mol. The van der Waals surface area contributed by atoms with E-state index in [9.17, 15) is 0 Å². The molecule has 0 saturated carbocycles. The summed E-state index contributed by atoms with van der Waals surface area (Å²) in [6, 6.07) is 18.9. The van der Waals surface area contributed by atoms with Crippen LogP contribution < -0.4 is 5.32 Å². The Morgan fingerprint density at radius 1 is 1.00 bits per heavy atom. The third-order valence-corrected chi connectivity index (χ3v) is 3.92. The van der Waals surface area contributed by atoms with Crippen molar-refractivity contribution in [3.05, 3.63) is 71.9 Å². The summed E-state index contributed by atoms with van der Waals surface area (Å²) < 4.78 is 0. The SMILES string of the molecule is Cc1cnc2ccccc2c1NCC(C)c1ccccc1. The van der Waals surface area contributed by atoms with Gasteiger partial charge in [0.1, 0.15) is 0 Å². The van der Waals surface area contributed by atoms with Crippen molar-refractivity contribution in [2.75, 3.05) is 11.9 Å². The predicted molar refractivity (Wildman–Crippen MR) is 89.8 cm³/mol. The zero-order valence-corrected chi connectivity index (χ0v) is 12.5. The fourth-order valence-corrected chi connectivity index (χ4v) is 2.63. The highest BCUT2D eigenvalue weighted by molar-refractivity contribution is 5.92. The van der Waals surface area contributed by atoms with Crippen LogP contribution in [0.15, 0.2) is 60.8 Å². The predicted octanol–water partition coefficient (Wildman–Crippen LogP) is 4.76. The number of nitrogens with one attached hydrogen (secondary N) is 1. The third kappa shape index (κ3) is 2.89. The first-order chi connectivity index (χ1) is 10.3. The molecule has 106 valence electrons. The van der Waals surface area contributed by atoms with Crippen molar-refractivity contribution < 1.29 is 0 Å². The molecule has 0 saturated heterocycles. The first-order valence-electron chi connectivity index (χ1n) is 7.39. The van der Waals surface area contributed by atoms with Crippen LogP contribution in [0.3, 0.4) is 0 Å². The number of para-hydroxylation sites is 1. The summed E-state index contributed by atoms with van der Waals surface area (Å²) in [4.78, 5) is 4.49. The van der Waals surface area contributed by atoms with Crippen LogP contribution >= 0.6 is 0 Å². The topological polar surface area (TPSA) is 24.9 Å². The lowest BCUT2D eigenvalue weighted by molar-refractivity contribution is 0.805. The highest BCUT2D eigenvalue weighted by atomic mass is 14.9. The van der Waals surface area contributed by atoms with Gasteiger partial charge in [0.05, 0.1) is 5.52 Å². The Bertz CT molecular complexity index is 735. The Morgan fingerprint density at radius 3 is 2.52 bits per heavy atom. The Hall–Kier alpha value is -2.35. The Kier molecular flexibility index (Phi) is 3.87. The minimum absolute atomic E-state index is 0.470. The number of aromatic nitrogens is 1. The van der Waals surface area contributed by atoms with Gasteiger partial charge in [-0.2, -0.15) is 0 Å². The third-order valence-electron chi connectivity index (χ3n) is 3.92. The average molecular weight is 276 g/mol. The molecule has 3 rings (SSSR count). The van der Waals surface area contributed by atoms with Crippen LogP contribution in [0.5, 0.6) is 0 Å². The molecular weight excluding hydrogens is 256 g/mol. The lowest BCUT2D eigenvalue weighted by Crippen LogP contribution is -2.11. The molecule has 1 heterocycles. The van der Waals surface area contributed by atoms with Gasteiger partial charge < -0.3 is 5.32 Å². The Balaban J connectivity index is 1.84. The van der Waals surface area contributed by atoms with Crippen molar-refractivity contribution in [3.63, 3.8) is 0 Å². The molecule has 0 fully saturated rings. The molecular formula is C19H20N2. The Labute approximate surface area is 125 Å². The van der Waals surface area contributed by atoms with Gasteiger partial charge in [0.15, 0.2) is 0 Å². The molecule has 0 bridgehead atoms. The van der Waals surface area contributed by atoms with E-state index in [2.05, 4.69) is 72.7 Å². The number of pyridine rings is 1. The molecule has 1 aromatic heterocycles. The van der Waals surface area contributed by atoms with Crippen LogP contribution in [0.1, 0.15) is 24.0 Å². The zero-order chi connectivity index (χ0) is 14.7. The van der Waals surface area contributed by atoms with Gasteiger partial charge in [-0.05, 0) is 30.0 Å². The summed E-state index contributed by atoms with van der Waals surface area (Å²) in [7, 11) is 0. The van der Waals surface area contributed by atoms with E-state index in [1.54, 1.807) is 0 Å². The van der Waals surface area contributed by atoms with Crippen LogP contribution in [0, 0.1) is 6.92 Å². The molecule has 0 aliphatic rings. The van der Waals surface area contributed by atoms with Gasteiger partial charge >= 0.3 is 0 Å². The molecule has 0 radical (unpaired) electrons. The smallest absolute Gasteiger partial charge is 0.0722 e. The molecule has 1 atom stereocenters. The molecule has 2 aromatic carbocycles. The first kappa shape index (κ1) is 13.6. The minimum atomic E-state index is 0.470. The van der Waals surface area contributed by atoms with Gasteiger partial charge in [-0.1, -0.05) is 55.5 Å². The molecule has 0 spiro atoms. The number of aryl methyl sites for hydroxylation is 1. The largest absolute Gasteiger partial charge is 0.384 e. The van der Waals surface area contributed by atoms with Crippen LogP contribution in [-0.2, 0) is 0 Å². The van der Waals surface area contributed by atoms with Crippen LogP contribution in [0.2, 0.25) is 0 Å². The molecule has 2 nitrogen and oxygen atoms in total. The number of rotatable bonds is 4. The van der Waals surface area contributed by atoms with Gasteiger partial charge in [0, 0.05) is 23.8 Å². The molecule has 0 amide bonds. The number of hydrogen-bond donors (Lipinski definition) is 1. The Morgan fingerprint density at radius 2 is 1.71 bits per heavy atom. The van der Waals surface area contributed by atoms with Crippen molar-refractivity contribution in [1.82, 2.24) is 4.98 Å². The van der Waals surface area contributed by atoms with Gasteiger partial charge in [0.25, 0.3) is 0 Å². The molecule has 0 aliphatic carbocycles. The van der Waals surface area contributed by atoms with Crippen molar-refractivity contribution in [1.29, 1.82) is 0 Å². The molecule has 0 aliphatic heterocycles. The minimum Gasteiger partial charge on any atom is -0.384 e. The van der Waals surface area contributed by atoms with E-state index >= 15 is 0 Å². The summed E-state index contributed by atoms with van der Waals surface area (Å²) >= 11 is 0. The van der Waals surface area contributed by atoms with E-state index in [4.69, 9.17) is 0 Å². The number of nitrogens with zero attached hydrogens (tertiary/aromatic N) is 1. The molecule has 1 unspecified atom stereocenters. The summed E-state index contributed by atoms with van der Waals surface area (Å²) in [6.07, 6.45) is 1.94. The zero-order valence-electron chi connectivity index (χ0n) is 12.5. The maximum absolute atomic E-state index is 4.49. The standard InChI is InChI=1S/C19H20N2/c1-14(16-8-4-3-5-9-16)12-21-19-15(2)13-20-18-11-7-6-10-17(18)19/h3-11,13-14H,12H2,1-2H3,(H,20,21). The summed E-state index contributed by atoms with van der Waals surface area (Å²) in [5, 5.41) is 4.81. The molecule has 2 heteroatoms. The van der Waals surface area contributed by atoms with Crippen molar-refractivity contribution in [2.45, 2.75) is 19.8 Å². The lowest BCUT2D eigenvalue weighted by atomic mass is 10.0. The first-order valence-corrected chi connectivity index (χ1v) is 7.39. The number of anilines is 1. The van der Waals surface area contributed by atoms with Gasteiger partial charge in [-0.15, -0.1) is 0 Å². The van der Waals surface area contributed by atoms with E-state index < -0.39 is 0 Å². The average Bonchev–Trinajstić information content (AvgIpc) is 2.54. The fraction of sp³-hybridized carbons (Fsp3) is 0.211. The second-order valence-corrected chi connectivity index (χ2v) is 5.53. The van der Waals surface area contributed by atoms with Crippen molar-refractivity contribution in [3.8, 4) is 0 Å². The second-order valence-electron chi connectivity index (χ2n) is 5.53. The summed E-state index contributed by atoms with van der Waals surface area (Å²) in [5.41, 5.74) is 4.79. The van der Waals surface area contributed by atoms with Gasteiger partial charge in [-0.25, -0.2) is 0 Å². The molecule has 21 heavy (non-hydrogen) atoms. The maximum Gasteiger partial charge on any atom is 0.0722 e. The highest BCUT2D eigenvalue weighted by Gasteiger charge is 2.08. The normalized spacial score (nSPS) is 12.3. The highest BCUT2D eigenvalue weighted by Crippen LogP contribution is 2.26. The fourth-order valence-electron chi connectivity index (χ4n) is 2.63. The van der Waals surface area contributed by atoms with E-state index in [0.29, 0.717) is 5.92 Å². The van der Waals surface area contributed by atoms with Gasteiger partial charge in [0.2, 0.25) is 0 Å². The lowest BCUT2D eigenvalue weighted by Gasteiger charge is -2.17. The van der Waals surface area contributed by atoms with Crippen molar-refractivity contribution >= 4 is 16.6 Å². The number of benzene rings is 2. The van der Waals surface area contributed by atoms with Crippen LogP contribution in [0.4, 0.5) is 5.69 Å². The van der Waals surface area contributed by atoms with E-state index in [-0.39, 0.29) is 0 Å². The van der Waals surface area contributed by atoms with E-state index in [1.807, 2.05) is 12.3 Å². The summed E-state index contributed by atoms with van der Waals surface area (Å²) in [6.45, 7) is 5.27. The van der Waals surface area contributed by atoms with E-state index in [0.717, 1.165) is 12.1 Å². The molecule has 3 aromatic rings. The van der Waals surface area contributed by atoms with E-state index in [1.165, 1.54) is 22.2 Å². The second kappa shape index (κ2) is 5.96. The van der Waals surface area contributed by atoms with Gasteiger partial charge in [-0.3, -0.25) is 4.98 Å². The van der Waals surface area contributed by atoms with Crippen LogP contribution in [0.25, 0.3) is 10.9 Å². The molecule has 1 N–H and O–H groups in total. The number of fused-ring (bicyclic) bond motifs is 1. The number of hydrogen-bond acceptors (Lipinski definition) is 2. The maximum atomic E-state index is 4.49. The summed E-state index contributed by atoms with van der Waals surface area (Å²) in [5.74, 6) is 0.470.